The van der Waals surface area contributed by atoms with Gasteiger partial charge in [-0.15, -0.1) is 22.7 Å². The number of nitrogens with zero attached hydrogens (tertiary/aromatic N) is 1. The summed E-state index contributed by atoms with van der Waals surface area (Å²) in [6.45, 7) is 2.46. The van der Waals surface area contributed by atoms with Crippen LogP contribution >= 0.6 is 45.3 Å². The van der Waals surface area contributed by atoms with Gasteiger partial charge in [-0.3, -0.25) is 4.79 Å². The molecule has 2 aromatic rings. The molecular weight excluding hydrogens is 355 g/mol. The smallest absolute Gasteiger partial charge is 0.262 e. The molecule has 2 aromatic heterocycles. The van der Waals surface area contributed by atoms with Crippen LogP contribution in [-0.4, -0.2) is 10.9 Å². The summed E-state index contributed by atoms with van der Waals surface area (Å²) in [5.74, 6) is -0.0133. The van der Waals surface area contributed by atoms with Crippen molar-refractivity contribution in [3.05, 3.63) is 36.0 Å². The van der Waals surface area contributed by atoms with Crippen molar-refractivity contribution in [2.24, 2.45) is 0 Å². The zero-order valence-corrected chi connectivity index (χ0v) is 12.3. The molecular formula is C10H9IN2OS2. The quantitative estimate of drug-likeness (QED) is 0.851. The van der Waals surface area contributed by atoms with Crippen LogP contribution in [0.2, 0.25) is 0 Å². The molecule has 0 atom stereocenters. The van der Waals surface area contributed by atoms with Crippen molar-refractivity contribution in [1.82, 2.24) is 10.3 Å². The van der Waals surface area contributed by atoms with E-state index in [-0.39, 0.29) is 5.91 Å². The van der Waals surface area contributed by atoms with E-state index in [1.807, 2.05) is 18.4 Å². The third kappa shape index (κ3) is 2.80. The van der Waals surface area contributed by atoms with Crippen molar-refractivity contribution in [1.29, 1.82) is 0 Å². The van der Waals surface area contributed by atoms with Crippen LogP contribution in [0.1, 0.15) is 20.2 Å². The van der Waals surface area contributed by atoms with Crippen LogP contribution in [0, 0.1) is 9.81 Å². The molecule has 1 amide bonds. The van der Waals surface area contributed by atoms with E-state index in [0.717, 1.165) is 18.3 Å². The van der Waals surface area contributed by atoms with E-state index in [2.05, 4.69) is 32.9 Å². The lowest BCUT2D eigenvalue weighted by molar-refractivity contribution is 0.0954. The molecule has 0 saturated carbocycles. The van der Waals surface area contributed by atoms with Gasteiger partial charge in [0.2, 0.25) is 0 Å². The Kier molecular flexibility index (Phi) is 3.93. The van der Waals surface area contributed by atoms with Crippen molar-refractivity contribution in [2.75, 3.05) is 0 Å². The Hall–Kier alpha value is -0.470. The van der Waals surface area contributed by atoms with Crippen molar-refractivity contribution in [2.45, 2.75) is 13.5 Å². The van der Waals surface area contributed by atoms with Crippen LogP contribution in [0.15, 0.2) is 17.6 Å². The molecule has 0 spiro atoms. The van der Waals surface area contributed by atoms with E-state index in [1.165, 1.54) is 11.3 Å². The van der Waals surface area contributed by atoms with Gasteiger partial charge in [-0.05, 0) is 41.1 Å². The van der Waals surface area contributed by atoms with E-state index in [0.29, 0.717) is 6.54 Å². The summed E-state index contributed by atoms with van der Waals surface area (Å²) in [6, 6.07) is 2.02. The summed E-state index contributed by atoms with van der Waals surface area (Å²) < 4.78 is 1.13. The van der Waals surface area contributed by atoms with E-state index in [1.54, 1.807) is 17.5 Å². The number of thiazole rings is 1. The zero-order chi connectivity index (χ0) is 11.5. The molecule has 6 heteroatoms. The van der Waals surface area contributed by atoms with Crippen molar-refractivity contribution in [3.8, 4) is 0 Å². The largest absolute Gasteiger partial charge is 0.345 e. The lowest BCUT2D eigenvalue weighted by Gasteiger charge is -2.01. The van der Waals surface area contributed by atoms with Crippen molar-refractivity contribution in [3.63, 3.8) is 0 Å². The highest BCUT2D eigenvalue weighted by Crippen LogP contribution is 2.23. The maximum absolute atomic E-state index is 11.8. The monoisotopic (exact) mass is 364 g/mol. The van der Waals surface area contributed by atoms with Crippen molar-refractivity contribution < 1.29 is 4.79 Å². The fourth-order valence-corrected chi connectivity index (χ4v) is 3.74. The summed E-state index contributed by atoms with van der Waals surface area (Å²) in [5, 5.41) is 5.70. The van der Waals surface area contributed by atoms with Gasteiger partial charge in [-0.2, -0.15) is 0 Å². The van der Waals surface area contributed by atoms with Crippen LogP contribution < -0.4 is 5.32 Å². The summed E-state index contributed by atoms with van der Waals surface area (Å²) >= 11 is 5.29. The third-order valence-corrected chi connectivity index (χ3v) is 4.75. The first-order valence-electron chi connectivity index (χ1n) is 4.59. The SMILES string of the molecule is Cc1cc(I)sc1C(=O)NCc1nccs1. The molecule has 0 bridgehead atoms. The average Bonchev–Trinajstić information content (AvgIpc) is 2.84. The van der Waals surface area contributed by atoms with Crippen LogP contribution in [0.25, 0.3) is 0 Å². The maximum atomic E-state index is 11.8. The van der Waals surface area contributed by atoms with E-state index >= 15 is 0 Å². The van der Waals surface area contributed by atoms with Gasteiger partial charge in [-0.25, -0.2) is 4.98 Å². The molecule has 0 fully saturated rings. The molecule has 2 heterocycles. The number of amides is 1. The molecule has 2 rings (SSSR count). The molecule has 0 aliphatic heterocycles. The predicted octanol–water partition coefficient (Wildman–Crippen LogP) is 3.05. The topological polar surface area (TPSA) is 42.0 Å². The first-order valence-corrected chi connectivity index (χ1v) is 7.37. The van der Waals surface area contributed by atoms with Crippen LogP contribution in [0.4, 0.5) is 0 Å². The molecule has 0 aliphatic rings. The molecule has 0 unspecified atom stereocenters. The van der Waals surface area contributed by atoms with Crippen molar-refractivity contribution >= 4 is 51.2 Å². The first-order chi connectivity index (χ1) is 7.66. The van der Waals surface area contributed by atoms with Gasteiger partial charge in [0, 0.05) is 11.6 Å². The summed E-state index contributed by atoms with van der Waals surface area (Å²) in [5.41, 5.74) is 1.03. The van der Waals surface area contributed by atoms with Gasteiger partial charge in [0.05, 0.1) is 14.3 Å². The highest BCUT2D eigenvalue weighted by molar-refractivity contribution is 14.1. The minimum Gasteiger partial charge on any atom is -0.345 e. The fourth-order valence-electron chi connectivity index (χ4n) is 1.25. The number of carbonyl (C=O) groups excluding carboxylic acids is 1. The molecule has 3 nitrogen and oxygen atoms in total. The van der Waals surface area contributed by atoms with Crippen LogP contribution in [0.5, 0.6) is 0 Å². The van der Waals surface area contributed by atoms with Crippen LogP contribution in [0.3, 0.4) is 0 Å². The number of aryl methyl sites for hydroxylation is 1. The second-order valence-electron chi connectivity index (χ2n) is 3.17. The highest BCUT2D eigenvalue weighted by Gasteiger charge is 2.12. The number of rotatable bonds is 3. The van der Waals surface area contributed by atoms with Crippen LogP contribution in [-0.2, 0) is 6.54 Å². The minimum atomic E-state index is -0.0133. The maximum Gasteiger partial charge on any atom is 0.262 e. The Balaban J connectivity index is 2.01. The number of hydrogen-bond donors (Lipinski definition) is 1. The molecule has 0 saturated heterocycles. The summed E-state index contributed by atoms with van der Waals surface area (Å²) in [7, 11) is 0. The number of thiophene rings is 1. The number of carbonyl (C=O) groups is 1. The van der Waals surface area contributed by atoms with Gasteiger partial charge in [-0.1, -0.05) is 0 Å². The second-order valence-corrected chi connectivity index (χ2v) is 7.10. The van der Waals surface area contributed by atoms with Gasteiger partial charge in [0.25, 0.3) is 5.91 Å². The second kappa shape index (κ2) is 5.24. The Labute approximate surface area is 115 Å². The van der Waals surface area contributed by atoms with Gasteiger partial charge in [0.1, 0.15) is 5.01 Å². The van der Waals surface area contributed by atoms with E-state index in [4.69, 9.17) is 0 Å². The average molecular weight is 364 g/mol. The third-order valence-electron chi connectivity index (χ3n) is 1.98. The zero-order valence-electron chi connectivity index (χ0n) is 8.49. The predicted molar refractivity (Wildman–Crippen MR) is 75.1 cm³/mol. The highest BCUT2D eigenvalue weighted by atomic mass is 127. The molecule has 0 aromatic carbocycles. The Morgan fingerprint density at radius 2 is 2.44 bits per heavy atom. The molecule has 16 heavy (non-hydrogen) atoms. The number of halogens is 1. The molecule has 1 N–H and O–H groups in total. The number of nitrogens with one attached hydrogen (secondary N) is 1. The summed E-state index contributed by atoms with van der Waals surface area (Å²) in [6.07, 6.45) is 1.74. The summed E-state index contributed by atoms with van der Waals surface area (Å²) in [4.78, 5) is 16.8. The van der Waals surface area contributed by atoms with Gasteiger partial charge >= 0.3 is 0 Å². The minimum absolute atomic E-state index is 0.0133. The fraction of sp³-hybridized carbons (Fsp3) is 0.200. The standard InChI is InChI=1S/C10H9IN2OS2/c1-6-4-7(11)16-9(6)10(14)13-5-8-12-2-3-15-8/h2-4H,5H2,1H3,(H,13,14). The van der Waals surface area contributed by atoms with Gasteiger partial charge < -0.3 is 5.32 Å². The molecule has 0 aliphatic carbocycles. The Morgan fingerprint density at radius 1 is 1.62 bits per heavy atom. The number of aromatic nitrogens is 1. The normalized spacial score (nSPS) is 10.4. The van der Waals surface area contributed by atoms with E-state index < -0.39 is 0 Å². The van der Waals surface area contributed by atoms with Gasteiger partial charge in [0.15, 0.2) is 0 Å². The number of hydrogen-bond acceptors (Lipinski definition) is 4. The molecule has 0 radical (unpaired) electrons. The first kappa shape index (κ1) is 12.0. The Bertz CT molecular complexity index is 493. The lowest BCUT2D eigenvalue weighted by Crippen LogP contribution is -2.22. The lowest BCUT2D eigenvalue weighted by atomic mass is 10.3. The molecule has 84 valence electrons. The Morgan fingerprint density at radius 3 is 3.00 bits per heavy atom. The van der Waals surface area contributed by atoms with E-state index in [9.17, 15) is 4.79 Å².